The second-order valence-corrected chi connectivity index (χ2v) is 4.31. The summed E-state index contributed by atoms with van der Waals surface area (Å²) in [5, 5.41) is 10.9. The average Bonchev–Trinajstić information content (AvgIpc) is 2.26. The first-order valence-electron chi connectivity index (χ1n) is 5.70. The largest absolute Gasteiger partial charge is 0.480 e. The van der Waals surface area contributed by atoms with E-state index in [2.05, 4.69) is 5.32 Å². The maximum absolute atomic E-state index is 12.2. The van der Waals surface area contributed by atoms with E-state index in [0.717, 1.165) is 5.56 Å². The highest BCUT2D eigenvalue weighted by Crippen LogP contribution is 2.12. The van der Waals surface area contributed by atoms with Gasteiger partial charge >= 0.3 is 5.97 Å². The molecule has 1 unspecified atom stereocenters. The van der Waals surface area contributed by atoms with Crippen molar-refractivity contribution < 1.29 is 23.5 Å². The highest BCUT2D eigenvalue weighted by atomic mass is 19.3. The van der Waals surface area contributed by atoms with E-state index in [1.165, 1.54) is 0 Å². The Kier molecular flexibility index (Phi) is 4.97. The van der Waals surface area contributed by atoms with Crippen LogP contribution in [0.25, 0.3) is 0 Å². The molecule has 1 atom stereocenters. The number of alkyl halides is 2. The number of aliphatic carboxylic acids is 1. The molecule has 2 N–H and O–H groups in total. The average molecular weight is 271 g/mol. The maximum atomic E-state index is 12.2. The van der Waals surface area contributed by atoms with Crippen molar-refractivity contribution in [3.05, 3.63) is 34.9 Å². The number of nitrogens with one attached hydrogen (secondary N) is 1. The molecule has 4 nitrogen and oxygen atoms in total. The van der Waals surface area contributed by atoms with Gasteiger partial charge in [-0.3, -0.25) is 4.79 Å². The Morgan fingerprint density at radius 1 is 1.32 bits per heavy atom. The van der Waals surface area contributed by atoms with Crippen LogP contribution in [-0.4, -0.2) is 29.5 Å². The fourth-order valence-electron chi connectivity index (χ4n) is 1.70. The van der Waals surface area contributed by atoms with Gasteiger partial charge < -0.3 is 10.4 Å². The molecule has 1 amide bonds. The Hall–Kier alpha value is -1.98. The molecular formula is C13H15F2NO3. The van der Waals surface area contributed by atoms with Gasteiger partial charge in [0.05, 0.1) is 0 Å². The fraction of sp³-hybridized carbons (Fsp3) is 0.385. The van der Waals surface area contributed by atoms with Crippen molar-refractivity contribution in [3.63, 3.8) is 0 Å². The number of hydrogen-bond acceptors (Lipinski definition) is 2. The summed E-state index contributed by atoms with van der Waals surface area (Å²) in [5.41, 5.74) is 1.90. The van der Waals surface area contributed by atoms with Crippen LogP contribution in [0.5, 0.6) is 0 Å². The zero-order valence-electron chi connectivity index (χ0n) is 10.6. The predicted octanol–water partition coefficient (Wildman–Crippen LogP) is 2.14. The summed E-state index contributed by atoms with van der Waals surface area (Å²) < 4.78 is 24.4. The number of carbonyl (C=O) groups excluding carboxylic acids is 1. The number of hydrogen-bond donors (Lipinski definition) is 2. The SMILES string of the molecule is Cc1ccc(C(=O)NC(CC(F)F)C(=O)O)c(C)c1. The van der Waals surface area contributed by atoms with E-state index in [-0.39, 0.29) is 5.56 Å². The lowest BCUT2D eigenvalue weighted by atomic mass is 10.0. The van der Waals surface area contributed by atoms with Crippen molar-refractivity contribution in [2.75, 3.05) is 0 Å². The minimum atomic E-state index is -2.79. The summed E-state index contributed by atoms with van der Waals surface area (Å²) in [4.78, 5) is 22.6. The lowest BCUT2D eigenvalue weighted by molar-refractivity contribution is -0.140. The lowest BCUT2D eigenvalue weighted by Crippen LogP contribution is -2.42. The minimum absolute atomic E-state index is 0.283. The molecule has 19 heavy (non-hydrogen) atoms. The van der Waals surface area contributed by atoms with Crippen molar-refractivity contribution in [2.24, 2.45) is 0 Å². The van der Waals surface area contributed by atoms with Gasteiger partial charge in [0.25, 0.3) is 5.91 Å². The van der Waals surface area contributed by atoms with E-state index in [1.54, 1.807) is 25.1 Å². The van der Waals surface area contributed by atoms with Crippen LogP contribution in [0.15, 0.2) is 18.2 Å². The molecule has 0 saturated heterocycles. The Bertz CT molecular complexity index is 489. The van der Waals surface area contributed by atoms with Gasteiger partial charge in [0.2, 0.25) is 6.43 Å². The molecule has 0 aromatic heterocycles. The van der Waals surface area contributed by atoms with Gasteiger partial charge in [-0.25, -0.2) is 13.6 Å². The number of carboxylic acid groups (broad SMARTS) is 1. The number of amides is 1. The van der Waals surface area contributed by atoms with Crippen LogP contribution in [0.3, 0.4) is 0 Å². The summed E-state index contributed by atoms with van der Waals surface area (Å²) in [7, 11) is 0. The van der Waals surface area contributed by atoms with E-state index < -0.39 is 30.8 Å². The van der Waals surface area contributed by atoms with Gasteiger partial charge in [-0.15, -0.1) is 0 Å². The lowest BCUT2D eigenvalue weighted by Gasteiger charge is -2.15. The van der Waals surface area contributed by atoms with E-state index in [9.17, 15) is 18.4 Å². The van der Waals surface area contributed by atoms with Gasteiger partial charge in [0, 0.05) is 12.0 Å². The number of carboxylic acids is 1. The molecule has 0 bridgehead atoms. The Morgan fingerprint density at radius 2 is 1.95 bits per heavy atom. The van der Waals surface area contributed by atoms with Crippen LogP contribution in [0.2, 0.25) is 0 Å². The first-order chi connectivity index (χ1) is 8.81. The van der Waals surface area contributed by atoms with Crippen molar-refractivity contribution in [3.8, 4) is 0 Å². The Morgan fingerprint density at radius 3 is 2.42 bits per heavy atom. The summed E-state index contributed by atoms with van der Waals surface area (Å²) in [6.45, 7) is 3.55. The number of rotatable bonds is 5. The first-order valence-corrected chi connectivity index (χ1v) is 5.70. The first kappa shape index (κ1) is 15.1. The fourth-order valence-corrected chi connectivity index (χ4v) is 1.70. The van der Waals surface area contributed by atoms with Gasteiger partial charge in [0.1, 0.15) is 6.04 Å². The van der Waals surface area contributed by atoms with Crippen molar-refractivity contribution in [2.45, 2.75) is 32.7 Å². The van der Waals surface area contributed by atoms with Crippen LogP contribution in [0, 0.1) is 13.8 Å². The maximum Gasteiger partial charge on any atom is 0.326 e. The van der Waals surface area contributed by atoms with Crippen LogP contribution < -0.4 is 5.32 Å². The molecule has 1 rings (SSSR count). The third-order valence-corrected chi connectivity index (χ3v) is 2.64. The van der Waals surface area contributed by atoms with Crippen molar-refractivity contribution in [1.82, 2.24) is 5.32 Å². The molecule has 0 saturated carbocycles. The number of halogens is 2. The van der Waals surface area contributed by atoms with Gasteiger partial charge in [-0.1, -0.05) is 17.7 Å². The van der Waals surface area contributed by atoms with Crippen LogP contribution in [-0.2, 0) is 4.79 Å². The van der Waals surface area contributed by atoms with E-state index in [1.807, 2.05) is 6.92 Å². The van der Waals surface area contributed by atoms with E-state index in [0.29, 0.717) is 5.56 Å². The topological polar surface area (TPSA) is 66.4 Å². The molecule has 0 aliphatic heterocycles. The molecule has 104 valence electrons. The quantitative estimate of drug-likeness (QED) is 0.862. The predicted molar refractivity (Wildman–Crippen MR) is 65.4 cm³/mol. The summed E-state index contributed by atoms with van der Waals surface area (Å²) >= 11 is 0. The Labute approximate surface area is 109 Å². The molecule has 0 radical (unpaired) electrons. The zero-order valence-corrected chi connectivity index (χ0v) is 10.6. The Balaban J connectivity index is 2.84. The number of aryl methyl sites for hydroxylation is 2. The van der Waals surface area contributed by atoms with Crippen molar-refractivity contribution in [1.29, 1.82) is 0 Å². The van der Waals surface area contributed by atoms with Gasteiger partial charge in [-0.2, -0.15) is 0 Å². The molecule has 0 aliphatic carbocycles. The molecule has 0 aliphatic rings. The van der Waals surface area contributed by atoms with Crippen molar-refractivity contribution >= 4 is 11.9 Å². The third-order valence-electron chi connectivity index (χ3n) is 2.64. The van der Waals surface area contributed by atoms with Gasteiger partial charge in [0.15, 0.2) is 0 Å². The second-order valence-electron chi connectivity index (χ2n) is 4.31. The smallest absolute Gasteiger partial charge is 0.326 e. The van der Waals surface area contributed by atoms with Crippen LogP contribution >= 0.6 is 0 Å². The van der Waals surface area contributed by atoms with E-state index >= 15 is 0 Å². The minimum Gasteiger partial charge on any atom is -0.480 e. The highest BCUT2D eigenvalue weighted by molar-refractivity contribution is 5.97. The molecule has 1 aromatic carbocycles. The number of benzene rings is 1. The summed E-state index contributed by atoms with van der Waals surface area (Å²) in [5.74, 6) is -2.14. The molecule has 6 heteroatoms. The molecule has 0 fully saturated rings. The second kappa shape index (κ2) is 6.26. The highest BCUT2D eigenvalue weighted by Gasteiger charge is 2.25. The molecule has 0 heterocycles. The van der Waals surface area contributed by atoms with E-state index in [4.69, 9.17) is 5.11 Å². The summed E-state index contributed by atoms with van der Waals surface area (Å²) in [6.07, 6.45) is -3.70. The van der Waals surface area contributed by atoms with Crippen LogP contribution in [0.1, 0.15) is 27.9 Å². The molecular weight excluding hydrogens is 256 g/mol. The third kappa shape index (κ3) is 4.31. The van der Waals surface area contributed by atoms with Crippen LogP contribution in [0.4, 0.5) is 8.78 Å². The molecule has 1 aromatic rings. The normalized spacial score (nSPS) is 12.3. The molecule has 0 spiro atoms. The summed E-state index contributed by atoms with van der Waals surface area (Å²) in [6, 6.07) is 3.41. The standard InChI is InChI=1S/C13H15F2NO3/c1-7-3-4-9(8(2)5-7)12(17)16-10(13(18)19)6-11(14)15/h3-5,10-11H,6H2,1-2H3,(H,16,17)(H,18,19). The van der Waals surface area contributed by atoms with Gasteiger partial charge in [-0.05, 0) is 25.5 Å². The zero-order chi connectivity index (χ0) is 14.6. The number of carbonyl (C=O) groups is 2. The monoisotopic (exact) mass is 271 g/mol.